The van der Waals surface area contributed by atoms with Gasteiger partial charge in [-0.05, 0) is 39.0 Å². The Kier molecular flexibility index (Phi) is 13.1. The predicted octanol–water partition coefficient (Wildman–Crippen LogP) is 5.55. The number of halogens is 2. The minimum Gasteiger partial charge on any atom is -0.490 e. The zero-order valence-corrected chi connectivity index (χ0v) is 30.2. The van der Waals surface area contributed by atoms with Crippen molar-refractivity contribution in [2.45, 2.75) is 53.1 Å². The molecule has 0 aliphatic carbocycles. The molecule has 0 aliphatic heterocycles. The van der Waals surface area contributed by atoms with Gasteiger partial charge in [0.15, 0.2) is 11.5 Å². The first-order chi connectivity index (χ1) is 23.0. The van der Waals surface area contributed by atoms with Gasteiger partial charge < -0.3 is 27.5 Å². The molecule has 4 aromatic rings. The van der Waals surface area contributed by atoms with Crippen molar-refractivity contribution in [3.63, 3.8) is 0 Å². The molecule has 2 N–H and O–H groups in total. The Morgan fingerprint density at radius 3 is 2.12 bits per heavy atom. The van der Waals surface area contributed by atoms with Crippen molar-refractivity contribution in [1.29, 1.82) is 0 Å². The Morgan fingerprint density at radius 1 is 0.980 bits per heavy atom. The maximum Gasteiger partial charge on any atom is 0.442 e. The number of rotatable bonds is 11. The molecular weight excluding hydrogens is 707 g/mol. The van der Waals surface area contributed by atoms with Gasteiger partial charge in [0, 0.05) is 11.5 Å². The summed E-state index contributed by atoms with van der Waals surface area (Å²) in [4.78, 5) is 31.7. The van der Waals surface area contributed by atoms with Gasteiger partial charge in [0.25, 0.3) is 0 Å². The van der Waals surface area contributed by atoms with E-state index >= 15 is 0 Å². The van der Waals surface area contributed by atoms with Crippen molar-refractivity contribution >= 4 is 45.5 Å². The number of amides is 2. The molecule has 2 amide bonds. The highest BCUT2D eigenvalue weighted by atomic mass is 35.5. The van der Waals surface area contributed by atoms with Crippen LogP contribution in [0.25, 0.3) is 5.69 Å². The highest BCUT2D eigenvalue weighted by Crippen LogP contribution is 2.33. The molecule has 0 spiro atoms. The number of ether oxygens (including phenoxy) is 4. The van der Waals surface area contributed by atoms with E-state index in [0.717, 1.165) is 4.68 Å². The molecule has 0 saturated carbocycles. The number of urea groups is 1. The fraction of sp³-hybridized carbons (Fsp3) is 0.367. The lowest BCUT2D eigenvalue weighted by molar-refractivity contribution is 0.242. The molecule has 0 aliphatic rings. The fourth-order valence-corrected chi connectivity index (χ4v) is 4.80. The van der Waals surface area contributed by atoms with Gasteiger partial charge >= 0.3 is 22.1 Å². The van der Waals surface area contributed by atoms with Gasteiger partial charge in [-0.1, -0.05) is 56.1 Å². The topological polar surface area (TPSA) is 195 Å². The summed E-state index contributed by atoms with van der Waals surface area (Å²) >= 11 is 12.3. The van der Waals surface area contributed by atoms with Crippen LogP contribution in [-0.2, 0) is 15.7 Å². The van der Waals surface area contributed by atoms with Crippen LogP contribution in [0.4, 0.5) is 10.7 Å². The van der Waals surface area contributed by atoms with Crippen LogP contribution in [0.5, 0.6) is 29.0 Å². The number of hydrogen-bond donors (Lipinski definition) is 2. The normalized spacial score (nSPS) is 11.2. The number of carbonyl (C=O) groups is 1. The number of aromatic nitrogens is 4. The van der Waals surface area contributed by atoms with Crippen molar-refractivity contribution in [3.05, 3.63) is 69.0 Å². The lowest BCUT2D eigenvalue weighted by Gasteiger charge is -2.13. The first-order valence-corrected chi connectivity index (χ1v) is 16.6. The first-order valence-electron chi connectivity index (χ1n) is 14.4. The van der Waals surface area contributed by atoms with E-state index in [9.17, 15) is 18.0 Å². The summed E-state index contributed by atoms with van der Waals surface area (Å²) in [5.74, 6) is 0.297. The summed E-state index contributed by atoms with van der Waals surface area (Å²) in [6.45, 7) is 11.5. The Bertz CT molecular complexity index is 1900. The number of anilines is 1. The van der Waals surface area contributed by atoms with Crippen molar-refractivity contribution in [3.8, 4) is 34.7 Å². The SMILES string of the molecule is CC(C)Oc1cc(-n2nc(C(C)(C)C)oc2=O)c(Cl)cc1Cl.CCOc1ccccc1OS(=O)(=O)NC(=O)Nc1nc(OC)cc(OC)n1. The van der Waals surface area contributed by atoms with Crippen LogP contribution in [0.1, 0.15) is 47.4 Å². The predicted molar refractivity (Wildman–Crippen MR) is 181 cm³/mol. The lowest BCUT2D eigenvalue weighted by atomic mass is 9.97. The molecule has 16 nitrogen and oxygen atoms in total. The standard InChI is InChI=1S/C15H18Cl2N2O3.C15H18N4O7S/c1-8(2)21-12-7-11(9(16)6-10(12)17)19-14(20)22-13(18-19)15(3,4)5;1-4-25-10-7-5-6-8-11(10)26-27(21,22)19-15(20)18-14-16-12(23-2)9-13(17-14)24-3/h6-8H,1-5H3;5-9H,4H2,1-3H3,(H2,16,17,18,19,20). The molecule has 49 heavy (non-hydrogen) atoms. The van der Waals surface area contributed by atoms with Crippen LogP contribution >= 0.6 is 23.2 Å². The van der Waals surface area contributed by atoms with Gasteiger partial charge in [-0.25, -0.2) is 14.3 Å². The molecule has 4 rings (SSSR count). The molecular formula is C30H36Cl2N6O10S. The number of nitrogens with one attached hydrogen (secondary N) is 2. The number of methoxy groups -OCH3 is 2. The fourth-order valence-electron chi connectivity index (χ4n) is 3.60. The van der Waals surface area contributed by atoms with Crippen molar-refractivity contribution in [2.75, 3.05) is 26.1 Å². The van der Waals surface area contributed by atoms with Crippen molar-refractivity contribution < 1.29 is 40.8 Å². The lowest BCUT2D eigenvalue weighted by Crippen LogP contribution is -2.37. The van der Waals surface area contributed by atoms with Crippen LogP contribution < -0.4 is 38.9 Å². The highest BCUT2D eigenvalue weighted by Gasteiger charge is 2.24. The highest BCUT2D eigenvalue weighted by molar-refractivity contribution is 7.85. The molecule has 2 heterocycles. The number of carbonyl (C=O) groups excluding carboxylic acids is 1. The number of para-hydroxylation sites is 2. The minimum absolute atomic E-state index is 0.0642. The third-order valence-corrected chi connectivity index (χ3v) is 7.10. The van der Waals surface area contributed by atoms with Crippen LogP contribution in [0.2, 0.25) is 10.0 Å². The summed E-state index contributed by atoms with van der Waals surface area (Å²) in [6, 6.07) is 9.48. The van der Waals surface area contributed by atoms with E-state index in [-0.39, 0.29) is 45.7 Å². The maximum atomic E-state index is 12.1. The zero-order chi connectivity index (χ0) is 36.5. The van der Waals surface area contributed by atoms with E-state index in [2.05, 4.69) is 20.4 Å². The molecule has 0 unspecified atom stereocenters. The summed E-state index contributed by atoms with van der Waals surface area (Å²) < 4.78 is 57.7. The van der Waals surface area contributed by atoms with E-state index in [0.29, 0.717) is 29.0 Å². The Balaban J connectivity index is 0.000000271. The number of hydrogen-bond acceptors (Lipinski definition) is 13. The van der Waals surface area contributed by atoms with E-state index in [1.807, 2.05) is 34.6 Å². The van der Waals surface area contributed by atoms with Crippen LogP contribution in [-0.4, -0.2) is 61.1 Å². The number of nitrogens with zero attached hydrogens (tertiary/aromatic N) is 4. The molecule has 0 atom stereocenters. The van der Waals surface area contributed by atoms with E-state index in [1.165, 1.54) is 38.5 Å². The average Bonchev–Trinajstić information content (AvgIpc) is 3.41. The number of benzene rings is 2. The van der Waals surface area contributed by atoms with E-state index < -0.39 is 22.1 Å². The Hall–Kier alpha value is -4.74. The van der Waals surface area contributed by atoms with Gasteiger partial charge in [0.1, 0.15) is 5.75 Å². The molecule has 266 valence electrons. The van der Waals surface area contributed by atoms with Crippen LogP contribution in [0.3, 0.4) is 0 Å². The molecule has 0 saturated heterocycles. The molecule has 2 aromatic carbocycles. The molecule has 0 radical (unpaired) electrons. The van der Waals surface area contributed by atoms with Crippen molar-refractivity contribution in [2.24, 2.45) is 0 Å². The monoisotopic (exact) mass is 742 g/mol. The van der Waals surface area contributed by atoms with Gasteiger partial charge in [0.2, 0.25) is 23.6 Å². The summed E-state index contributed by atoms with van der Waals surface area (Å²) in [7, 11) is -1.76. The van der Waals surface area contributed by atoms with E-state index in [1.54, 1.807) is 29.8 Å². The maximum absolute atomic E-state index is 12.1. The second kappa shape index (κ2) is 16.6. The Labute approximate surface area is 292 Å². The van der Waals surface area contributed by atoms with Gasteiger partial charge in [-0.3, -0.25) is 5.32 Å². The van der Waals surface area contributed by atoms with Gasteiger partial charge in [-0.2, -0.15) is 23.1 Å². The average molecular weight is 744 g/mol. The quantitative estimate of drug-likeness (QED) is 0.194. The largest absolute Gasteiger partial charge is 0.490 e. The smallest absolute Gasteiger partial charge is 0.442 e. The molecule has 19 heteroatoms. The zero-order valence-electron chi connectivity index (χ0n) is 27.9. The summed E-state index contributed by atoms with van der Waals surface area (Å²) in [5.41, 5.74) is -0.0217. The third kappa shape index (κ3) is 11.2. The van der Waals surface area contributed by atoms with Crippen molar-refractivity contribution in [1.82, 2.24) is 24.5 Å². The van der Waals surface area contributed by atoms with E-state index in [4.69, 9.17) is 50.7 Å². The first kappa shape index (κ1) is 38.7. The second-order valence-electron chi connectivity index (χ2n) is 11.0. The summed E-state index contributed by atoms with van der Waals surface area (Å²) in [5, 5.41) is 7.03. The van der Waals surface area contributed by atoms with Crippen LogP contribution in [0, 0.1) is 0 Å². The van der Waals surface area contributed by atoms with Gasteiger partial charge in [0.05, 0.1) is 48.7 Å². The molecule has 2 aromatic heterocycles. The Morgan fingerprint density at radius 2 is 1.59 bits per heavy atom. The summed E-state index contributed by atoms with van der Waals surface area (Å²) in [6.07, 6.45) is -0.0642. The third-order valence-electron chi connectivity index (χ3n) is 5.67. The molecule has 0 bridgehead atoms. The van der Waals surface area contributed by atoms with Gasteiger partial charge in [-0.15, -0.1) is 5.10 Å². The van der Waals surface area contributed by atoms with Crippen LogP contribution in [0.15, 0.2) is 51.7 Å². The molecule has 0 fully saturated rings. The minimum atomic E-state index is -4.49. The second-order valence-corrected chi connectivity index (χ2v) is 13.1.